The van der Waals surface area contributed by atoms with Crippen LogP contribution in [-0.4, -0.2) is 14.2 Å². The average molecular weight is 361 g/mol. The Bertz CT molecular complexity index is 882. The predicted molar refractivity (Wildman–Crippen MR) is 88.7 cm³/mol. The molecule has 0 spiro atoms. The molecule has 0 aliphatic carbocycles. The van der Waals surface area contributed by atoms with Crippen molar-refractivity contribution >= 4 is 26.9 Å². The van der Waals surface area contributed by atoms with Gasteiger partial charge in [0.25, 0.3) is 0 Å². The van der Waals surface area contributed by atoms with Crippen molar-refractivity contribution in [2.75, 3.05) is 14.2 Å². The lowest BCUT2D eigenvalue weighted by Gasteiger charge is -2.08. The normalized spacial score (nSPS) is 10.7. The highest BCUT2D eigenvalue weighted by molar-refractivity contribution is 9.10. The second kappa shape index (κ2) is 5.85. The maximum Gasteiger partial charge on any atom is 0.207 e. The van der Waals surface area contributed by atoms with Gasteiger partial charge >= 0.3 is 0 Å². The maximum absolute atomic E-state index is 12.5. The van der Waals surface area contributed by atoms with Crippen LogP contribution < -0.4 is 14.9 Å². The summed E-state index contributed by atoms with van der Waals surface area (Å²) in [6.45, 7) is 0. The summed E-state index contributed by atoms with van der Waals surface area (Å²) in [5, 5.41) is 0.505. The van der Waals surface area contributed by atoms with Crippen molar-refractivity contribution < 1.29 is 13.9 Å². The third kappa shape index (κ3) is 2.48. The van der Waals surface area contributed by atoms with E-state index in [-0.39, 0.29) is 5.43 Å². The molecule has 0 radical (unpaired) electrons. The first-order chi connectivity index (χ1) is 10.6. The third-order valence-electron chi connectivity index (χ3n) is 3.40. The molecule has 0 N–H and O–H groups in total. The van der Waals surface area contributed by atoms with Crippen molar-refractivity contribution in [1.29, 1.82) is 0 Å². The Morgan fingerprint density at radius 1 is 0.955 bits per heavy atom. The molecule has 5 heteroatoms. The number of ether oxygens (including phenoxy) is 2. The molecule has 3 aromatic rings. The van der Waals surface area contributed by atoms with Crippen LogP contribution >= 0.6 is 15.9 Å². The lowest BCUT2D eigenvalue weighted by atomic mass is 10.1. The molecule has 0 bridgehead atoms. The van der Waals surface area contributed by atoms with Gasteiger partial charge in [-0.2, -0.15) is 0 Å². The van der Waals surface area contributed by atoms with Gasteiger partial charge in [-0.05, 0) is 52.3 Å². The van der Waals surface area contributed by atoms with E-state index in [9.17, 15) is 4.79 Å². The largest absolute Gasteiger partial charge is 0.497 e. The molecular formula is C17H13BrO4. The highest BCUT2D eigenvalue weighted by Crippen LogP contribution is 2.31. The number of benzene rings is 2. The van der Waals surface area contributed by atoms with Crippen molar-refractivity contribution in [1.82, 2.24) is 0 Å². The van der Waals surface area contributed by atoms with Gasteiger partial charge in [-0.3, -0.25) is 4.79 Å². The van der Waals surface area contributed by atoms with Crippen LogP contribution in [0.15, 0.2) is 56.1 Å². The van der Waals surface area contributed by atoms with E-state index < -0.39 is 0 Å². The average Bonchev–Trinajstić information content (AvgIpc) is 2.57. The van der Waals surface area contributed by atoms with Gasteiger partial charge in [-0.1, -0.05) is 0 Å². The summed E-state index contributed by atoms with van der Waals surface area (Å²) < 4.78 is 16.6. The van der Waals surface area contributed by atoms with E-state index in [1.54, 1.807) is 32.4 Å². The summed E-state index contributed by atoms with van der Waals surface area (Å²) in [7, 11) is 3.18. The Hall–Kier alpha value is -2.27. The Morgan fingerprint density at radius 2 is 1.59 bits per heavy atom. The van der Waals surface area contributed by atoms with Crippen LogP contribution in [-0.2, 0) is 0 Å². The van der Waals surface area contributed by atoms with Crippen LogP contribution in [0.2, 0.25) is 0 Å². The van der Waals surface area contributed by atoms with Crippen LogP contribution in [0.25, 0.3) is 22.3 Å². The smallest absolute Gasteiger partial charge is 0.207 e. The topological polar surface area (TPSA) is 48.7 Å². The molecule has 112 valence electrons. The summed E-state index contributed by atoms with van der Waals surface area (Å²) in [5.41, 5.74) is 1.16. The van der Waals surface area contributed by atoms with Gasteiger partial charge in [0.05, 0.1) is 19.6 Å². The Morgan fingerprint density at radius 3 is 2.23 bits per heavy atom. The summed E-state index contributed by atoms with van der Waals surface area (Å²) in [6, 6.07) is 12.5. The second-order valence-corrected chi connectivity index (χ2v) is 5.46. The van der Waals surface area contributed by atoms with Crippen molar-refractivity contribution in [2.45, 2.75) is 0 Å². The van der Waals surface area contributed by atoms with E-state index in [1.165, 1.54) is 0 Å². The zero-order chi connectivity index (χ0) is 15.7. The summed E-state index contributed by atoms with van der Waals surface area (Å²) in [5.74, 6) is 1.86. The Balaban J connectivity index is 2.24. The Labute approximate surface area is 135 Å². The van der Waals surface area contributed by atoms with Gasteiger partial charge in [-0.25, -0.2) is 0 Å². The molecule has 0 aliphatic heterocycles. The minimum atomic E-state index is -0.116. The molecule has 0 saturated heterocycles. The first kappa shape index (κ1) is 14.7. The van der Waals surface area contributed by atoms with Crippen molar-refractivity contribution in [2.24, 2.45) is 0 Å². The molecule has 4 nitrogen and oxygen atoms in total. The highest BCUT2D eigenvalue weighted by atomic mass is 79.9. The fourth-order valence-electron chi connectivity index (χ4n) is 2.21. The van der Waals surface area contributed by atoms with E-state index in [0.717, 1.165) is 11.3 Å². The zero-order valence-electron chi connectivity index (χ0n) is 12.1. The Kier molecular flexibility index (Phi) is 3.90. The van der Waals surface area contributed by atoms with E-state index in [2.05, 4.69) is 15.9 Å². The van der Waals surface area contributed by atoms with E-state index in [4.69, 9.17) is 13.9 Å². The van der Waals surface area contributed by atoms with Crippen LogP contribution in [0.4, 0.5) is 0 Å². The number of hydrogen-bond donors (Lipinski definition) is 0. The molecule has 0 atom stereocenters. The van der Waals surface area contributed by atoms with Crippen molar-refractivity contribution in [3.05, 3.63) is 57.2 Å². The number of rotatable bonds is 3. The number of methoxy groups -OCH3 is 2. The van der Waals surface area contributed by atoms with Gasteiger partial charge in [-0.15, -0.1) is 0 Å². The SMILES string of the molecule is COc1ccc(-c2oc3cc(OC)ccc3c(=O)c2Br)cc1. The molecule has 0 amide bonds. The molecule has 2 aromatic carbocycles. The van der Waals surface area contributed by atoms with E-state index in [1.807, 2.05) is 24.3 Å². The van der Waals surface area contributed by atoms with Crippen LogP contribution in [0.5, 0.6) is 11.5 Å². The molecular weight excluding hydrogens is 348 g/mol. The van der Waals surface area contributed by atoms with Gasteiger partial charge in [0, 0.05) is 11.6 Å². The quantitative estimate of drug-likeness (QED) is 0.700. The number of hydrogen-bond acceptors (Lipinski definition) is 4. The molecule has 1 heterocycles. The van der Waals surface area contributed by atoms with Crippen LogP contribution in [0.3, 0.4) is 0 Å². The van der Waals surface area contributed by atoms with Gasteiger partial charge in [0.1, 0.15) is 21.6 Å². The molecule has 0 unspecified atom stereocenters. The second-order valence-electron chi connectivity index (χ2n) is 4.66. The van der Waals surface area contributed by atoms with Gasteiger partial charge in [0.15, 0.2) is 5.76 Å². The molecule has 0 fully saturated rings. The molecule has 0 aliphatic rings. The first-order valence-electron chi connectivity index (χ1n) is 6.59. The lowest BCUT2D eigenvalue weighted by molar-refractivity contribution is 0.414. The van der Waals surface area contributed by atoms with Crippen molar-refractivity contribution in [3.8, 4) is 22.8 Å². The molecule has 0 saturated carbocycles. The molecule has 3 rings (SSSR count). The van der Waals surface area contributed by atoms with Crippen molar-refractivity contribution in [3.63, 3.8) is 0 Å². The minimum Gasteiger partial charge on any atom is -0.497 e. The fraction of sp³-hybridized carbons (Fsp3) is 0.118. The first-order valence-corrected chi connectivity index (χ1v) is 7.38. The van der Waals surface area contributed by atoms with E-state index in [0.29, 0.717) is 27.0 Å². The predicted octanol–water partition coefficient (Wildman–Crippen LogP) is 4.24. The summed E-state index contributed by atoms with van der Waals surface area (Å²) >= 11 is 3.34. The third-order valence-corrected chi connectivity index (χ3v) is 4.12. The van der Waals surface area contributed by atoms with Gasteiger partial charge in [0.2, 0.25) is 5.43 Å². The summed E-state index contributed by atoms with van der Waals surface area (Å²) in [6.07, 6.45) is 0. The van der Waals surface area contributed by atoms with E-state index >= 15 is 0 Å². The maximum atomic E-state index is 12.5. The molecule has 1 aromatic heterocycles. The number of fused-ring (bicyclic) bond motifs is 1. The monoisotopic (exact) mass is 360 g/mol. The van der Waals surface area contributed by atoms with Gasteiger partial charge < -0.3 is 13.9 Å². The molecule has 22 heavy (non-hydrogen) atoms. The fourth-order valence-corrected chi connectivity index (χ4v) is 2.73. The van der Waals surface area contributed by atoms with Crippen LogP contribution in [0.1, 0.15) is 0 Å². The standard InChI is InChI=1S/C17H13BrO4/c1-20-11-5-3-10(4-6-11)17-15(18)16(19)13-8-7-12(21-2)9-14(13)22-17/h3-9H,1-2H3. The minimum absolute atomic E-state index is 0.116. The number of halogens is 1. The summed E-state index contributed by atoms with van der Waals surface area (Å²) in [4.78, 5) is 12.5. The zero-order valence-corrected chi connectivity index (χ0v) is 13.6. The highest BCUT2D eigenvalue weighted by Gasteiger charge is 2.14. The van der Waals surface area contributed by atoms with Crippen LogP contribution in [0, 0.1) is 0 Å². The lowest BCUT2D eigenvalue weighted by Crippen LogP contribution is -2.04.